The molecule has 0 unspecified atom stereocenters. The number of hydrogen-bond acceptors (Lipinski definition) is 4. The van der Waals surface area contributed by atoms with E-state index in [1.54, 1.807) is 24.3 Å². The highest BCUT2D eigenvalue weighted by Crippen LogP contribution is 2.35. The molecule has 2 aliphatic heterocycles. The largest absolute Gasteiger partial charge is 0.325 e. The topological polar surface area (TPSA) is 69.7 Å². The number of hydrogen-bond donors (Lipinski definition) is 1. The maximum atomic E-state index is 12.7. The van der Waals surface area contributed by atoms with Crippen molar-refractivity contribution in [3.63, 3.8) is 0 Å². The Labute approximate surface area is 168 Å². The molecule has 6 nitrogen and oxygen atoms in total. The second kappa shape index (κ2) is 8.51. The molecule has 2 heterocycles. The molecule has 2 saturated heterocycles. The highest BCUT2D eigenvalue weighted by molar-refractivity contribution is 7.89. The first-order valence-corrected chi connectivity index (χ1v) is 12.1. The molecule has 1 aromatic carbocycles. The molecular formula is C21H31N3O3S. The predicted octanol–water partition coefficient (Wildman–Crippen LogP) is 2.92. The summed E-state index contributed by atoms with van der Waals surface area (Å²) in [5.74, 6) is 1.52. The first kappa shape index (κ1) is 19.9. The van der Waals surface area contributed by atoms with Crippen LogP contribution in [-0.2, 0) is 14.8 Å². The van der Waals surface area contributed by atoms with Crippen LogP contribution in [0.15, 0.2) is 29.2 Å². The lowest BCUT2D eigenvalue weighted by atomic mass is 9.75. The van der Waals surface area contributed by atoms with Gasteiger partial charge in [0.05, 0.1) is 11.4 Å². The van der Waals surface area contributed by atoms with Crippen molar-refractivity contribution in [2.24, 2.45) is 11.8 Å². The third-order valence-corrected chi connectivity index (χ3v) is 8.46. The van der Waals surface area contributed by atoms with Gasteiger partial charge in [-0.1, -0.05) is 25.3 Å². The van der Waals surface area contributed by atoms with Crippen LogP contribution in [0.1, 0.15) is 44.9 Å². The van der Waals surface area contributed by atoms with Crippen LogP contribution < -0.4 is 5.32 Å². The van der Waals surface area contributed by atoms with Crippen LogP contribution in [0.2, 0.25) is 0 Å². The maximum Gasteiger partial charge on any atom is 0.243 e. The standard InChI is InChI=1S/C21H31N3O3S/c25-21(16-23-13-10-17-6-1-2-7-18(17)15-23)22-19-8-5-9-20(14-19)28(26,27)24-11-3-4-12-24/h5,8-9,14,17-18H,1-4,6-7,10-13,15-16H2,(H,22,25)/t17-,18-/m1/s1. The summed E-state index contributed by atoms with van der Waals surface area (Å²) in [6, 6.07) is 6.65. The average molecular weight is 406 g/mol. The number of nitrogens with zero attached hydrogens (tertiary/aromatic N) is 2. The second-order valence-corrected chi connectivity index (χ2v) is 10.5. The first-order chi connectivity index (χ1) is 13.5. The van der Waals surface area contributed by atoms with Gasteiger partial charge in [-0.2, -0.15) is 4.31 Å². The Kier molecular flexibility index (Phi) is 6.04. The fraction of sp³-hybridized carbons (Fsp3) is 0.667. The zero-order valence-corrected chi connectivity index (χ0v) is 17.3. The molecule has 0 bridgehead atoms. The maximum absolute atomic E-state index is 12.7. The van der Waals surface area contributed by atoms with Crippen molar-refractivity contribution in [1.29, 1.82) is 0 Å². The molecule has 1 amide bonds. The average Bonchev–Trinajstić information content (AvgIpc) is 3.24. The Morgan fingerprint density at radius 1 is 1.00 bits per heavy atom. The summed E-state index contributed by atoms with van der Waals surface area (Å²) >= 11 is 0. The van der Waals surface area contributed by atoms with Gasteiger partial charge in [0.2, 0.25) is 15.9 Å². The molecule has 1 N–H and O–H groups in total. The summed E-state index contributed by atoms with van der Waals surface area (Å²) in [5.41, 5.74) is 0.554. The van der Waals surface area contributed by atoms with E-state index in [-0.39, 0.29) is 10.8 Å². The summed E-state index contributed by atoms with van der Waals surface area (Å²) in [6.45, 7) is 3.54. The minimum atomic E-state index is -3.47. The summed E-state index contributed by atoms with van der Waals surface area (Å²) in [7, 11) is -3.47. The van der Waals surface area contributed by atoms with E-state index in [9.17, 15) is 13.2 Å². The molecule has 28 heavy (non-hydrogen) atoms. The SMILES string of the molecule is O=C(CN1CC[C@H]2CCCC[C@@H]2C1)Nc1cccc(S(=O)(=O)N2CCCC2)c1. The van der Waals surface area contributed by atoms with E-state index in [2.05, 4.69) is 10.2 Å². The van der Waals surface area contributed by atoms with Crippen LogP contribution in [0.3, 0.4) is 0 Å². The third kappa shape index (κ3) is 4.42. The van der Waals surface area contributed by atoms with E-state index < -0.39 is 10.0 Å². The molecule has 0 aromatic heterocycles. The molecule has 0 spiro atoms. The van der Waals surface area contributed by atoms with Gasteiger partial charge in [0.15, 0.2) is 0 Å². The zero-order chi connectivity index (χ0) is 19.6. The highest BCUT2D eigenvalue weighted by Gasteiger charge is 2.32. The second-order valence-electron chi connectivity index (χ2n) is 8.52. The van der Waals surface area contributed by atoms with Crippen LogP contribution in [0, 0.1) is 11.8 Å². The molecule has 3 aliphatic rings. The van der Waals surface area contributed by atoms with Crippen molar-refractivity contribution >= 4 is 21.6 Å². The van der Waals surface area contributed by atoms with Gasteiger partial charge in [-0.15, -0.1) is 0 Å². The first-order valence-electron chi connectivity index (χ1n) is 10.6. The lowest BCUT2D eigenvalue weighted by molar-refractivity contribution is -0.118. The molecule has 4 rings (SSSR count). The summed E-state index contributed by atoms with van der Waals surface area (Å²) in [5, 5.41) is 2.90. The molecule has 7 heteroatoms. The van der Waals surface area contributed by atoms with Crippen molar-refractivity contribution in [1.82, 2.24) is 9.21 Å². The lowest BCUT2D eigenvalue weighted by Crippen LogP contribution is -2.44. The zero-order valence-electron chi connectivity index (χ0n) is 16.5. The predicted molar refractivity (Wildman–Crippen MR) is 110 cm³/mol. The van der Waals surface area contributed by atoms with E-state index in [1.807, 2.05) is 0 Å². The van der Waals surface area contributed by atoms with Crippen molar-refractivity contribution in [3.05, 3.63) is 24.3 Å². The number of carbonyl (C=O) groups is 1. The van der Waals surface area contributed by atoms with E-state index in [1.165, 1.54) is 36.4 Å². The van der Waals surface area contributed by atoms with Gasteiger partial charge in [0.1, 0.15) is 0 Å². The molecule has 0 radical (unpaired) electrons. The Morgan fingerprint density at radius 3 is 2.54 bits per heavy atom. The van der Waals surface area contributed by atoms with Gasteiger partial charge < -0.3 is 5.32 Å². The molecule has 1 saturated carbocycles. The number of nitrogens with one attached hydrogen (secondary N) is 1. The highest BCUT2D eigenvalue weighted by atomic mass is 32.2. The Hall–Kier alpha value is -1.44. The van der Waals surface area contributed by atoms with Gasteiger partial charge in [-0.25, -0.2) is 8.42 Å². The Morgan fingerprint density at radius 2 is 1.75 bits per heavy atom. The normalized spacial score (nSPS) is 26.7. The van der Waals surface area contributed by atoms with E-state index in [0.29, 0.717) is 25.3 Å². The number of amides is 1. The van der Waals surface area contributed by atoms with E-state index in [4.69, 9.17) is 0 Å². The van der Waals surface area contributed by atoms with Gasteiger partial charge in [-0.3, -0.25) is 9.69 Å². The summed E-state index contributed by atoms with van der Waals surface area (Å²) < 4.78 is 27.0. The van der Waals surface area contributed by atoms with Crippen molar-refractivity contribution in [3.8, 4) is 0 Å². The van der Waals surface area contributed by atoms with Crippen LogP contribution in [0.4, 0.5) is 5.69 Å². The number of benzene rings is 1. The lowest BCUT2D eigenvalue weighted by Gasteiger charge is -2.41. The number of sulfonamides is 1. The molecule has 1 aliphatic carbocycles. The fourth-order valence-electron chi connectivity index (χ4n) is 5.04. The van der Waals surface area contributed by atoms with Gasteiger partial charge >= 0.3 is 0 Å². The number of fused-ring (bicyclic) bond motifs is 1. The van der Waals surface area contributed by atoms with Crippen LogP contribution >= 0.6 is 0 Å². The van der Waals surface area contributed by atoms with Crippen LogP contribution in [-0.4, -0.2) is 56.3 Å². The third-order valence-electron chi connectivity index (χ3n) is 6.56. The number of carbonyl (C=O) groups excluding carboxylic acids is 1. The molecular weight excluding hydrogens is 374 g/mol. The Balaban J connectivity index is 1.36. The molecule has 2 atom stereocenters. The minimum Gasteiger partial charge on any atom is -0.325 e. The quantitative estimate of drug-likeness (QED) is 0.818. The number of rotatable bonds is 5. The van der Waals surface area contributed by atoms with Gasteiger partial charge in [0, 0.05) is 25.3 Å². The van der Waals surface area contributed by atoms with Crippen LogP contribution in [0.25, 0.3) is 0 Å². The van der Waals surface area contributed by atoms with Crippen molar-refractivity contribution < 1.29 is 13.2 Å². The molecule has 154 valence electrons. The number of anilines is 1. The smallest absolute Gasteiger partial charge is 0.243 e. The van der Waals surface area contributed by atoms with E-state index in [0.717, 1.165) is 37.8 Å². The fourth-order valence-corrected chi connectivity index (χ4v) is 6.60. The van der Waals surface area contributed by atoms with Gasteiger partial charge in [-0.05, 0) is 62.3 Å². The van der Waals surface area contributed by atoms with E-state index >= 15 is 0 Å². The van der Waals surface area contributed by atoms with Gasteiger partial charge in [0.25, 0.3) is 0 Å². The van der Waals surface area contributed by atoms with Crippen molar-refractivity contribution in [2.75, 3.05) is 38.0 Å². The monoisotopic (exact) mass is 405 g/mol. The summed E-state index contributed by atoms with van der Waals surface area (Å²) in [6.07, 6.45) is 8.34. The summed E-state index contributed by atoms with van der Waals surface area (Å²) in [4.78, 5) is 15.1. The van der Waals surface area contributed by atoms with Crippen LogP contribution in [0.5, 0.6) is 0 Å². The Bertz CT molecular complexity index is 805. The number of piperidine rings is 1. The molecule has 1 aromatic rings. The number of likely N-dealkylation sites (tertiary alicyclic amines) is 1. The van der Waals surface area contributed by atoms with Crippen molar-refractivity contribution in [2.45, 2.75) is 49.8 Å². The molecule has 3 fully saturated rings. The minimum absolute atomic E-state index is 0.0648.